The van der Waals surface area contributed by atoms with Gasteiger partial charge in [0.2, 0.25) is 0 Å². The summed E-state index contributed by atoms with van der Waals surface area (Å²) in [6.07, 6.45) is 1.13. The highest BCUT2D eigenvalue weighted by atomic mass is 16.6. The van der Waals surface area contributed by atoms with Crippen LogP contribution >= 0.6 is 0 Å². The zero-order valence-electron chi connectivity index (χ0n) is 10.4. The number of ether oxygens (including phenoxy) is 1. The molecule has 0 saturated heterocycles. The predicted octanol–water partition coefficient (Wildman–Crippen LogP) is -0.393. The van der Waals surface area contributed by atoms with Crippen molar-refractivity contribution in [2.24, 2.45) is 11.7 Å². The van der Waals surface area contributed by atoms with Crippen LogP contribution in [0.4, 0.5) is 0 Å². The van der Waals surface area contributed by atoms with Crippen LogP contribution in [-0.2, 0) is 19.1 Å². The maximum atomic E-state index is 11.6. The molecule has 0 bridgehead atoms. The molecule has 6 nitrogen and oxygen atoms in total. The van der Waals surface area contributed by atoms with E-state index in [0.717, 1.165) is 0 Å². The van der Waals surface area contributed by atoms with Gasteiger partial charge in [-0.1, -0.05) is 13.8 Å². The van der Waals surface area contributed by atoms with Crippen molar-refractivity contribution in [3.63, 3.8) is 0 Å². The fourth-order valence-corrected chi connectivity index (χ4v) is 1.19. The smallest absolute Gasteiger partial charge is 0.330 e. The Kier molecular flexibility index (Phi) is 7.32. The molecular weight excluding hydrogens is 224 g/mol. The SMILES string of the molecule is CC(C)C[C@H](NCC=O)C(=O)OC(=O)[C@H](C)N. The summed E-state index contributed by atoms with van der Waals surface area (Å²) in [6, 6.07) is -1.51. The molecule has 0 unspecified atom stereocenters. The molecule has 0 aliphatic rings. The van der Waals surface area contributed by atoms with E-state index >= 15 is 0 Å². The first kappa shape index (κ1) is 15.7. The quantitative estimate of drug-likeness (QED) is 0.359. The number of aldehydes is 1. The largest absolute Gasteiger partial charge is 0.391 e. The molecule has 0 aromatic carbocycles. The molecule has 0 aromatic rings. The molecule has 0 spiro atoms. The molecule has 0 heterocycles. The van der Waals surface area contributed by atoms with Crippen molar-refractivity contribution in [1.82, 2.24) is 5.32 Å². The third kappa shape index (κ3) is 6.80. The van der Waals surface area contributed by atoms with Crippen LogP contribution in [0.25, 0.3) is 0 Å². The molecule has 98 valence electrons. The number of nitrogens with one attached hydrogen (secondary N) is 1. The Hall–Kier alpha value is -1.27. The van der Waals surface area contributed by atoms with Crippen LogP contribution in [0.1, 0.15) is 27.2 Å². The number of carbonyl (C=O) groups excluding carboxylic acids is 3. The summed E-state index contributed by atoms with van der Waals surface area (Å²) in [4.78, 5) is 33.0. The van der Waals surface area contributed by atoms with Gasteiger partial charge in [0, 0.05) is 0 Å². The van der Waals surface area contributed by atoms with Crippen LogP contribution in [-0.4, -0.2) is 36.9 Å². The number of esters is 2. The minimum atomic E-state index is -0.843. The van der Waals surface area contributed by atoms with Gasteiger partial charge in [0.25, 0.3) is 0 Å². The summed E-state index contributed by atoms with van der Waals surface area (Å²) in [7, 11) is 0. The maximum absolute atomic E-state index is 11.6. The van der Waals surface area contributed by atoms with Crippen LogP contribution in [0.2, 0.25) is 0 Å². The predicted molar refractivity (Wildman–Crippen MR) is 62.1 cm³/mol. The van der Waals surface area contributed by atoms with Gasteiger partial charge in [-0.05, 0) is 19.3 Å². The van der Waals surface area contributed by atoms with Crippen molar-refractivity contribution in [2.75, 3.05) is 6.54 Å². The molecule has 0 rings (SSSR count). The van der Waals surface area contributed by atoms with Crippen LogP contribution in [0, 0.1) is 5.92 Å². The van der Waals surface area contributed by atoms with Gasteiger partial charge < -0.3 is 15.3 Å². The van der Waals surface area contributed by atoms with Crippen LogP contribution < -0.4 is 11.1 Å². The lowest BCUT2D eigenvalue weighted by atomic mass is 10.0. The van der Waals surface area contributed by atoms with E-state index in [0.29, 0.717) is 12.7 Å². The summed E-state index contributed by atoms with van der Waals surface area (Å²) < 4.78 is 4.59. The van der Waals surface area contributed by atoms with Crippen molar-refractivity contribution in [1.29, 1.82) is 0 Å². The summed E-state index contributed by atoms with van der Waals surface area (Å²) in [5.41, 5.74) is 5.28. The van der Waals surface area contributed by atoms with Crippen molar-refractivity contribution >= 4 is 18.2 Å². The molecule has 3 N–H and O–H groups in total. The van der Waals surface area contributed by atoms with E-state index < -0.39 is 24.0 Å². The van der Waals surface area contributed by atoms with E-state index in [4.69, 9.17) is 5.73 Å². The Balaban J connectivity index is 4.40. The van der Waals surface area contributed by atoms with E-state index in [1.54, 1.807) is 0 Å². The topological polar surface area (TPSA) is 98.5 Å². The molecule has 0 aromatic heterocycles. The minimum absolute atomic E-state index is 0.0405. The number of hydrogen-bond acceptors (Lipinski definition) is 6. The molecule has 6 heteroatoms. The van der Waals surface area contributed by atoms with Gasteiger partial charge in [-0.2, -0.15) is 0 Å². The standard InChI is InChI=1S/C11H20N2O4/c1-7(2)6-9(13-4-5-14)11(16)17-10(15)8(3)12/h5,7-9,13H,4,6,12H2,1-3H3/t8-,9-/m0/s1. The van der Waals surface area contributed by atoms with E-state index in [9.17, 15) is 14.4 Å². The Morgan fingerprint density at radius 1 is 1.29 bits per heavy atom. The summed E-state index contributed by atoms with van der Waals surface area (Å²) in [6.45, 7) is 5.33. The number of hydrogen-bond donors (Lipinski definition) is 2. The Labute approximate surface area is 101 Å². The normalized spacial score (nSPS) is 14.2. The molecule has 0 aliphatic heterocycles. The van der Waals surface area contributed by atoms with Crippen LogP contribution in [0.5, 0.6) is 0 Å². The van der Waals surface area contributed by atoms with E-state index in [1.807, 2.05) is 13.8 Å². The van der Waals surface area contributed by atoms with Crippen molar-refractivity contribution in [3.8, 4) is 0 Å². The molecule has 0 fully saturated rings. The van der Waals surface area contributed by atoms with Gasteiger partial charge in [0.1, 0.15) is 18.4 Å². The lowest BCUT2D eigenvalue weighted by Gasteiger charge is -2.17. The van der Waals surface area contributed by atoms with Crippen molar-refractivity contribution in [2.45, 2.75) is 39.3 Å². The highest BCUT2D eigenvalue weighted by molar-refractivity contribution is 5.90. The molecule has 2 atom stereocenters. The molecule has 0 saturated carbocycles. The number of nitrogens with two attached hydrogens (primary N) is 1. The Bertz CT molecular complexity index is 277. The maximum Gasteiger partial charge on any atom is 0.330 e. The second kappa shape index (κ2) is 7.92. The summed E-state index contributed by atoms with van der Waals surface area (Å²) in [5, 5.41) is 2.71. The van der Waals surface area contributed by atoms with Gasteiger partial charge in [-0.15, -0.1) is 0 Å². The molecule has 0 radical (unpaired) electrons. The van der Waals surface area contributed by atoms with E-state index in [1.165, 1.54) is 6.92 Å². The zero-order valence-corrected chi connectivity index (χ0v) is 10.4. The first-order valence-corrected chi connectivity index (χ1v) is 5.56. The van der Waals surface area contributed by atoms with Gasteiger partial charge in [-0.3, -0.25) is 5.32 Å². The zero-order chi connectivity index (χ0) is 13.4. The Morgan fingerprint density at radius 2 is 1.88 bits per heavy atom. The lowest BCUT2D eigenvalue weighted by Crippen LogP contribution is -2.42. The van der Waals surface area contributed by atoms with Gasteiger partial charge in [0.05, 0.1) is 6.54 Å². The number of carbonyl (C=O) groups is 3. The van der Waals surface area contributed by atoms with E-state index in [-0.39, 0.29) is 12.5 Å². The minimum Gasteiger partial charge on any atom is -0.391 e. The monoisotopic (exact) mass is 244 g/mol. The average molecular weight is 244 g/mol. The fourth-order valence-electron chi connectivity index (χ4n) is 1.19. The first-order chi connectivity index (χ1) is 7.88. The molecule has 0 amide bonds. The average Bonchev–Trinajstić information content (AvgIpc) is 2.23. The third-order valence-electron chi connectivity index (χ3n) is 2.01. The van der Waals surface area contributed by atoms with Gasteiger partial charge >= 0.3 is 11.9 Å². The molecule has 17 heavy (non-hydrogen) atoms. The number of rotatable bonds is 7. The highest BCUT2D eigenvalue weighted by Crippen LogP contribution is 2.06. The fraction of sp³-hybridized carbons (Fsp3) is 0.727. The van der Waals surface area contributed by atoms with E-state index in [2.05, 4.69) is 10.1 Å². The highest BCUT2D eigenvalue weighted by Gasteiger charge is 2.24. The van der Waals surface area contributed by atoms with Crippen LogP contribution in [0.15, 0.2) is 0 Å². The lowest BCUT2D eigenvalue weighted by molar-refractivity contribution is -0.162. The third-order valence-corrected chi connectivity index (χ3v) is 2.01. The molecule has 0 aliphatic carbocycles. The summed E-state index contributed by atoms with van der Waals surface area (Å²) in [5.74, 6) is -1.23. The van der Waals surface area contributed by atoms with Crippen molar-refractivity contribution in [3.05, 3.63) is 0 Å². The second-order valence-corrected chi connectivity index (χ2v) is 4.29. The molecular formula is C11H20N2O4. The summed E-state index contributed by atoms with van der Waals surface area (Å²) >= 11 is 0. The van der Waals surface area contributed by atoms with Gasteiger partial charge in [-0.25, -0.2) is 9.59 Å². The second-order valence-electron chi connectivity index (χ2n) is 4.29. The van der Waals surface area contributed by atoms with Gasteiger partial charge in [0.15, 0.2) is 0 Å². The van der Waals surface area contributed by atoms with Crippen LogP contribution in [0.3, 0.4) is 0 Å². The first-order valence-electron chi connectivity index (χ1n) is 5.56. The Morgan fingerprint density at radius 3 is 2.29 bits per heavy atom. The van der Waals surface area contributed by atoms with Crippen molar-refractivity contribution < 1.29 is 19.1 Å².